The van der Waals surface area contributed by atoms with Crippen molar-refractivity contribution in [2.45, 2.75) is 32.4 Å². The fourth-order valence-electron chi connectivity index (χ4n) is 2.29. The van der Waals surface area contributed by atoms with Crippen molar-refractivity contribution < 1.29 is 14.3 Å². The van der Waals surface area contributed by atoms with E-state index >= 15 is 0 Å². The summed E-state index contributed by atoms with van der Waals surface area (Å²) < 4.78 is 11.2. The molecule has 1 aliphatic rings. The second-order valence-electron chi connectivity index (χ2n) is 6.37. The first-order valence-corrected chi connectivity index (χ1v) is 8.66. The Labute approximate surface area is 152 Å². The van der Waals surface area contributed by atoms with Crippen LogP contribution in [0.3, 0.4) is 0 Å². The first-order valence-electron chi connectivity index (χ1n) is 8.66. The average molecular weight is 351 g/mol. The number of hydrogen-bond donors (Lipinski definition) is 1. The first kappa shape index (κ1) is 17.7. The minimum Gasteiger partial charge on any atom is -0.481 e. The Morgan fingerprint density at radius 1 is 1.31 bits per heavy atom. The van der Waals surface area contributed by atoms with Crippen molar-refractivity contribution in [1.29, 1.82) is 5.26 Å². The molecule has 0 saturated heterocycles. The summed E-state index contributed by atoms with van der Waals surface area (Å²) in [5.41, 5.74) is 1.44. The van der Waals surface area contributed by atoms with Crippen LogP contribution in [0.2, 0.25) is 0 Å². The van der Waals surface area contributed by atoms with E-state index in [1.165, 1.54) is 12.8 Å². The van der Waals surface area contributed by atoms with Gasteiger partial charge in [0.25, 0.3) is 5.91 Å². The SMILES string of the molecule is CC(Oc1ccc(C#N)cc1)C(=O)NCc1ccc(OCC2CC2)nc1. The van der Waals surface area contributed by atoms with Crippen LogP contribution in [0.25, 0.3) is 0 Å². The molecule has 3 rings (SSSR count). The third-order valence-corrected chi connectivity index (χ3v) is 4.09. The highest BCUT2D eigenvalue weighted by molar-refractivity contribution is 5.80. The molecule has 1 saturated carbocycles. The van der Waals surface area contributed by atoms with Crippen molar-refractivity contribution in [2.24, 2.45) is 5.92 Å². The number of nitrogens with zero attached hydrogens (tertiary/aromatic N) is 2. The van der Waals surface area contributed by atoms with Gasteiger partial charge in [0.1, 0.15) is 5.75 Å². The molecule has 0 bridgehead atoms. The third kappa shape index (κ3) is 5.21. The average Bonchev–Trinajstić information content (AvgIpc) is 3.50. The van der Waals surface area contributed by atoms with Gasteiger partial charge in [-0.15, -0.1) is 0 Å². The van der Waals surface area contributed by atoms with E-state index in [1.807, 2.05) is 18.2 Å². The van der Waals surface area contributed by atoms with Crippen LogP contribution in [0.15, 0.2) is 42.6 Å². The second-order valence-corrected chi connectivity index (χ2v) is 6.37. The van der Waals surface area contributed by atoms with Gasteiger partial charge >= 0.3 is 0 Å². The lowest BCUT2D eigenvalue weighted by Crippen LogP contribution is -2.35. The van der Waals surface area contributed by atoms with Crippen LogP contribution in [0.4, 0.5) is 0 Å². The summed E-state index contributed by atoms with van der Waals surface area (Å²) in [6.07, 6.45) is 3.55. The molecule has 1 heterocycles. The smallest absolute Gasteiger partial charge is 0.261 e. The largest absolute Gasteiger partial charge is 0.481 e. The van der Waals surface area contributed by atoms with Gasteiger partial charge in [-0.05, 0) is 55.5 Å². The molecule has 26 heavy (non-hydrogen) atoms. The van der Waals surface area contributed by atoms with E-state index in [4.69, 9.17) is 14.7 Å². The summed E-state index contributed by atoms with van der Waals surface area (Å²) in [7, 11) is 0. The molecule has 1 atom stereocenters. The summed E-state index contributed by atoms with van der Waals surface area (Å²) in [4.78, 5) is 16.4. The summed E-state index contributed by atoms with van der Waals surface area (Å²) in [6, 6.07) is 12.4. The van der Waals surface area contributed by atoms with Gasteiger partial charge in [-0.2, -0.15) is 5.26 Å². The van der Waals surface area contributed by atoms with E-state index < -0.39 is 6.10 Å². The molecule has 1 N–H and O–H groups in total. The molecule has 1 unspecified atom stereocenters. The molecule has 1 amide bonds. The molecule has 0 radical (unpaired) electrons. The predicted octanol–water partition coefficient (Wildman–Crippen LogP) is 2.83. The van der Waals surface area contributed by atoms with Crippen LogP contribution in [-0.2, 0) is 11.3 Å². The fraction of sp³-hybridized carbons (Fsp3) is 0.350. The number of nitrogens with one attached hydrogen (secondary N) is 1. The number of aromatic nitrogens is 1. The van der Waals surface area contributed by atoms with Crippen LogP contribution in [0.5, 0.6) is 11.6 Å². The molecular weight excluding hydrogens is 330 g/mol. The van der Waals surface area contributed by atoms with Crippen LogP contribution < -0.4 is 14.8 Å². The van der Waals surface area contributed by atoms with Gasteiger partial charge in [-0.3, -0.25) is 4.79 Å². The standard InChI is InChI=1S/C20H21N3O3/c1-14(26-18-7-4-15(10-21)5-8-18)20(24)23-12-17-6-9-19(22-11-17)25-13-16-2-3-16/h4-9,11,14,16H,2-3,12-13H2,1H3,(H,23,24). The van der Waals surface area contributed by atoms with Crippen molar-refractivity contribution in [2.75, 3.05) is 6.61 Å². The van der Waals surface area contributed by atoms with Crippen molar-refractivity contribution in [3.8, 4) is 17.7 Å². The zero-order valence-electron chi connectivity index (χ0n) is 14.6. The lowest BCUT2D eigenvalue weighted by Gasteiger charge is -2.15. The highest BCUT2D eigenvalue weighted by Gasteiger charge is 2.22. The maximum Gasteiger partial charge on any atom is 0.261 e. The van der Waals surface area contributed by atoms with Crippen molar-refractivity contribution >= 4 is 5.91 Å². The predicted molar refractivity (Wildman–Crippen MR) is 95.5 cm³/mol. The highest BCUT2D eigenvalue weighted by Crippen LogP contribution is 2.29. The molecule has 1 aromatic carbocycles. The molecule has 0 aliphatic heterocycles. The second kappa shape index (κ2) is 8.34. The minimum absolute atomic E-state index is 0.219. The molecular formula is C20H21N3O3. The summed E-state index contributed by atoms with van der Waals surface area (Å²) in [5.74, 6) is 1.63. The van der Waals surface area contributed by atoms with E-state index in [0.29, 0.717) is 29.7 Å². The maximum absolute atomic E-state index is 12.2. The van der Waals surface area contributed by atoms with Crippen molar-refractivity contribution in [3.63, 3.8) is 0 Å². The Bertz CT molecular complexity index is 777. The third-order valence-electron chi connectivity index (χ3n) is 4.09. The lowest BCUT2D eigenvalue weighted by molar-refractivity contribution is -0.127. The van der Waals surface area contributed by atoms with Gasteiger partial charge in [0, 0.05) is 18.8 Å². The number of benzene rings is 1. The Morgan fingerprint density at radius 3 is 2.69 bits per heavy atom. The molecule has 2 aromatic rings. The zero-order chi connectivity index (χ0) is 18.4. The van der Waals surface area contributed by atoms with Gasteiger partial charge in [-0.1, -0.05) is 6.07 Å². The number of hydrogen-bond acceptors (Lipinski definition) is 5. The van der Waals surface area contributed by atoms with E-state index in [9.17, 15) is 4.79 Å². The van der Waals surface area contributed by atoms with Crippen LogP contribution in [-0.4, -0.2) is 23.6 Å². The normalized spacial score (nSPS) is 14.2. The Balaban J connectivity index is 1.43. The number of rotatable bonds is 8. The molecule has 134 valence electrons. The molecule has 6 nitrogen and oxygen atoms in total. The number of ether oxygens (including phenoxy) is 2. The van der Waals surface area contributed by atoms with E-state index in [1.54, 1.807) is 37.4 Å². The van der Waals surface area contributed by atoms with Crippen molar-refractivity contribution in [1.82, 2.24) is 10.3 Å². The van der Waals surface area contributed by atoms with Gasteiger partial charge < -0.3 is 14.8 Å². The zero-order valence-corrected chi connectivity index (χ0v) is 14.6. The summed E-state index contributed by atoms with van der Waals surface area (Å²) in [5, 5.41) is 11.6. The number of nitriles is 1. The van der Waals surface area contributed by atoms with E-state index in [-0.39, 0.29) is 5.91 Å². The van der Waals surface area contributed by atoms with Gasteiger partial charge in [0.15, 0.2) is 6.10 Å². The quantitative estimate of drug-likeness (QED) is 0.790. The number of carbonyl (C=O) groups excluding carboxylic acids is 1. The van der Waals surface area contributed by atoms with Crippen LogP contribution >= 0.6 is 0 Å². The van der Waals surface area contributed by atoms with Crippen LogP contribution in [0.1, 0.15) is 30.9 Å². The molecule has 0 spiro atoms. The summed E-state index contributed by atoms with van der Waals surface area (Å²) in [6.45, 7) is 2.78. The minimum atomic E-state index is -0.642. The Morgan fingerprint density at radius 2 is 2.08 bits per heavy atom. The Kier molecular flexibility index (Phi) is 5.69. The van der Waals surface area contributed by atoms with Gasteiger partial charge in [0.2, 0.25) is 5.88 Å². The van der Waals surface area contributed by atoms with E-state index in [0.717, 1.165) is 12.2 Å². The molecule has 1 aromatic heterocycles. The fourth-order valence-corrected chi connectivity index (χ4v) is 2.29. The first-order chi connectivity index (χ1) is 12.6. The molecule has 6 heteroatoms. The van der Waals surface area contributed by atoms with Gasteiger partial charge in [-0.25, -0.2) is 4.98 Å². The molecule has 1 fully saturated rings. The molecule has 1 aliphatic carbocycles. The summed E-state index contributed by atoms with van der Waals surface area (Å²) >= 11 is 0. The van der Waals surface area contributed by atoms with Crippen LogP contribution in [0, 0.1) is 17.2 Å². The number of amides is 1. The maximum atomic E-state index is 12.2. The lowest BCUT2D eigenvalue weighted by atomic mass is 10.2. The van der Waals surface area contributed by atoms with Gasteiger partial charge in [0.05, 0.1) is 18.2 Å². The monoisotopic (exact) mass is 351 g/mol. The van der Waals surface area contributed by atoms with E-state index in [2.05, 4.69) is 10.3 Å². The highest BCUT2D eigenvalue weighted by atomic mass is 16.5. The Hall–Kier alpha value is -3.07. The number of pyridine rings is 1. The van der Waals surface area contributed by atoms with Crippen molar-refractivity contribution in [3.05, 3.63) is 53.7 Å². The number of carbonyl (C=O) groups is 1. The topological polar surface area (TPSA) is 84.2 Å².